The number of Topliss-reactive ketones (excluding diaryl/α,β-unsaturated/α-hetero) is 1. The Bertz CT molecular complexity index is 737. The van der Waals surface area contributed by atoms with E-state index in [0.29, 0.717) is 5.56 Å². The van der Waals surface area contributed by atoms with Crippen LogP contribution in [0.1, 0.15) is 45.2 Å². The summed E-state index contributed by atoms with van der Waals surface area (Å²) in [5.74, 6) is -1.10. The zero-order valence-corrected chi connectivity index (χ0v) is 12.7. The van der Waals surface area contributed by atoms with Crippen LogP contribution in [0.5, 0.6) is 5.75 Å². The number of carbonyl (C=O) groups excluding carboxylic acids is 3. The Morgan fingerprint density at radius 2 is 1.57 bits per heavy atom. The Morgan fingerprint density at radius 1 is 0.957 bits per heavy atom. The van der Waals surface area contributed by atoms with Crippen LogP contribution in [-0.4, -0.2) is 29.3 Å². The Kier molecular flexibility index (Phi) is 5.19. The minimum absolute atomic E-state index is 0.00815. The summed E-state index contributed by atoms with van der Waals surface area (Å²) in [5, 5.41) is 0. The van der Waals surface area contributed by atoms with Crippen molar-refractivity contribution in [1.29, 1.82) is 0 Å². The maximum absolute atomic E-state index is 12.1. The number of pyridine rings is 1. The first-order valence-corrected chi connectivity index (χ1v) is 6.98. The molecule has 0 N–H and O–H groups in total. The molecule has 6 nitrogen and oxygen atoms in total. The number of carbonyl (C=O) groups is 3. The second-order valence-corrected chi connectivity index (χ2v) is 4.60. The van der Waals surface area contributed by atoms with Gasteiger partial charge in [-0.05, 0) is 50.2 Å². The third-order valence-corrected chi connectivity index (χ3v) is 2.91. The van der Waals surface area contributed by atoms with Crippen molar-refractivity contribution in [3.05, 3.63) is 59.4 Å². The van der Waals surface area contributed by atoms with Crippen molar-refractivity contribution in [3.63, 3.8) is 0 Å². The molecule has 0 saturated heterocycles. The van der Waals surface area contributed by atoms with Crippen LogP contribution in [0.3, 0.4) is 0 Å². The highest BCUT2D eigenvalue weighted by Gasteiger charge is 2.15. The molecule has 1 heterocycles. The number of rotatable bonds is 5. The first kappa shape index (κ1) is 16.4. The quantitative estimate of drug-likeness (QED) is 0.479. The van der Waals surface area contributed by atoms with Crippen molar-refractivity contribution in [2.24, 2.45) is 0 Å². The van der Waals surface area contributed by atoms with E-state index < -0.39 is 11.9 Å². The van der Waals surface area contributed by atoms with E-state index in [9.17, 15) is 14.4 Å². The lowest BCUT2D eigenvalue weighted by atomic mass is 10.1. The van der Waals surface area contributed by atoms with Gasteiger partial charge in [0.2, 0.25) is 0 Å². The molecule has 0 aliphatic heterocycles. The van der Waals surface area contributed by atoms with Crippen LogP contribution in [0.2, 0.25) is 0 Å². The molecule has 0 spiro atoms. The molecule has 0 aliphatic rings. The summed E-state index contributed by atoms with van der Waals surface area (Å²) in [5.41, 5.74) is 0.548. The molecular formula is C17H15NO5. The highest BCUT2D eigenvalue weighted by molar-refractivity contribution is 5.94. The van der Waals surface area contributed by atoms with Gasteiger partial charge < -0.3 is 9.47 Å². The molecule has 1 aromatic carbocycles. The van der Waals surface area contributed by atoms with Crippen LogP contribution >= 0.6 is 0 Å². The normalized spacial score (nSPS) is 10.0. The van der Waals surface area contributed by atoms with Crippen molar-refractivity contribution in [2.75, 3.05) is 6.61 Å². The molecule has 0 bridgehead atoms. The van der Waals surface area contributed by atoms with E-state index >= 15 is 0 Å². The van der Waals surface area contributed by atoms with Crippen molar-refractivity contribution in [3.8, 4) is 5.75 Å². The Balaban J connectivity index is 2.12. The van der Waals surface area contributed by atoms with Crippen molar-refractivity contribution >= 4 is 17.7 Å². The summed E-state index contributed by atoms with van der Waals surface area (Å²) in [6, 6.07) is 10.6. The van der Waals surface area contributed by atoms with Crippen molar-refractivity contribution in [2.45, 2.75) is 13.8 Å². The molecule has 118 valence electrons. The molecule has 0 amide bonds. The number of hydrogen-bond donors (Lipinski definition) is 0. The van der Waals surface area contributed by atoms with Gasteiger partial charge in [-0.25, -0.2) is 14.6 Å². The van der Waals surface area contributed by atoms with E-state index in [1.807, 2.05) is 0 Å². The van der Waals surface area contributed by atoms with Gasteiger partial charge in [-0.1, -0.05) is 6.07 Å². The fourth-order valence-corrected chi connectivity index (χ4v) is 1.78. The summed E-state index contributed by atoms with van der Waals surface area (Å²) in [4.78, 5) is 38.8. The minimum Gasteiger partial charge on any atom is -0.461 e. The van der Waals surface area contributed by atoms with Crippen LogP contribution < -0.4 is 4.74 Å². The molecule has 0 aliphatic carbocycles. The van der Waals surface area contributed by atoms with Crippen LogP contribution in [0, 0.1) is 0 Å². The second kappa shape index (κ2) is 7.31. The molecule has 0 unspecified atom stereocenters. The lowest BCUT2D eigenvalue weighted by Gasteiger charge is -2.06. The minimum atomic E-state index is -0.702. The van der Waals surface area contributed by atoms with Gasteiger partial charge in [0.05, 0.1) is 6.61 Å². The fraction of sp³-hybridized carbons (Fsp3) is 0.176. The molecule has 2 rings (SSSR count). The largest absolute Gasteiger partial charge is 0.461 e. The van der Waals surface area contributed by atoms with Gasteiger partial charge in [0.25, 0.3) is 0 Å². The van der Waals surface area contributed by atoms with E-state index in [4.69, 9.17) is 9.47 Å². The van der Waals surface area contributed by atoms with E-state index in [0.717, 1.165) is 0 Å². The predicted octanol–water partition coefficient (Wildman–Crippen LogP) is 2.68. The summed E-state index contributed by atoms with van der Waals surface area (Å²) in [7, 11) is 0. The van der Waals surface area contributed by atoms with E-state index in [-0.39, 0.29) is 29.5 Å². The molecule has 0 fully saturated rings. The third kappa shape index (κ3) is 4.23. The van der Waals surface area contributed by atoms with Gasteiger partial charge >= 0.3 is 11.9 Å². The number of ketones is 1. The SMILES string of the molecule is CCOC(=O)c1cccc(C(=O)Oc2ccc(C(C)=O)cc2)n1. The highest BCUT2D eigenvalue weighted by atomic mass is 16.5. The topological polar surface area (TPSA) is 82.6 Å². The van der Waals surface area contributed by atoms with E-state index in [1.165, 1.54) is 37.3 Å². The van der Waals surface area contributed by atoms with Crippen LogP contribution in [-0.2, 0) is 4.74 Å². The van der Waals surface area contributed by atoms with Crippen LogP contribution in [0.4, 0.5) is 0 Å². The van der Waals surface area contributed by atoms with E-state index in [2.05, 4.69) is 4.98 Å². The Labute approximate surface area is 133 Å². The van der Waals surface area contributed by atoms with Crippen molar-refractivity contribution < 1.29 is 23.9 Å². The van der Waals surface area contributed by atoms with Gasteiger partial charge in [-0.15, -0.1) is 0 Å². The van der Waals surface area contributed by atoms with Gasteiger partial charge in [-0.2, -0.15) is 0 Å². The highest BCUT2D eigenvalue weighted by Crippen LogP contribution is 2.14. The average molecular weight is 313 g/mol. The lowest BCUT2D eigenvalue weighted by molar-refractivity contribution is 0.0519. The van der Waals surface area contributed by atoms with Gasteiger partial charge in [0.15, 0.2) is 5.78 Å². The zero-order valence-electron chi connectivity index (χ0n) is 12.7. The zero-order chi connectivity index (χ0) is 16.8. The van der Waals surface area contributed by atoms with Gasteiger partial charge in [0.1, 0.15) is 17.1 Å². The third-order valence-electron chi connectivity index (χ3n) is 2.91. The van der Waals surface area contributed by atoms with Gasteiger partial charge in [0, 0.05) is 5.56 Å². The summed E-state index contributed by atoms with van der Waals surface area (Å²) in [6.45, 7) is 3.35. The Hall–Kier alpha value is -3.02. The monoisotopic (exact) mass is 313 g/mol. The summed E-state index contributed by atoms with van der Waals surface area (Å²) < 4.78 is 10.00. The average Bonchev–Trinajstić information content (AvgIpc) is 2.55. The second-order valence-electron chi connectivity index (χ2n) is 4.60. The smallest absolute Gasteiger partial charge is 0.362 e. The van der Waals surface area contributed by atoms with Gasteiger partial charge in [-0.3, -0.25) is 4.79 Å². The molecule has 0 saturated carbocycles. The van der Waals surface area contributed by atoms with E-state index in [1.54, 1.807) is 19.1 Å². The van der Waals surface area contributed by atoms with Crippen LogP contribution in [0.25, 0.3) is 0 Å². The number of esters is 2. The summed E-state index contributed by atoms with van der Waals surface area (Å²) >= 11 is 0. The Morgan fingerprint density at radius 3 is 2.13 bits per heavy atom. The predicted molar refractivity (Wildman–Crippen MR) is 81.6 cm³/mol. The molecule has 1 aromatic heterocycles. The van der Waals surface area contributed by atoms with Crippen molar-refractivity contribution in [1.82, 2.24) is 4.98 Å². The number of aromatic nitrogens is 1. The molecular weight excluding hydrogens is 298 g/mol. The van der Waals surface area contributed by atoms with Crippen LogP contribution in [0.15, 0.2) is 42.5 Å². The summed E-state index contributed by atoms with van der Waals surface area (Å²) in [6.07, 6.45) is 0. The number of benzene rings is 1. The molecule has 2 aromatic rings. The lowest BCUT2D eigenvalue weighted by Crippen LogP contribution is -2.14. The first-order chi connectivity index (χ1) is 11.0. The molecule has 23 heavy (non-hydrogen) atoms. The number of nitrogens with zero attached hydrogens (tertiary/aromatic N) is 1. The molecule has 0 atom stereocenters. The fourth-order valence-electron chi connectivity index (χ4n) is 1.78. The maximum atomic E-state index is 12.1. The first-order valence-electron chi connectivity index (χ1n) is 6.98. The maximum Gasteiger partial charge on any atom is 0.362 e. The molecule has 0 radical (unpaired) electrons. The number of hydrogen-bond acceptors (Lipinski definition) is 6. The standard InChI is InChI=1S/C17H15NO5/c1-3-22-16(20)14-5-4-6-15(18-14)17(21)23-13-9-7-12(8-10-13)11(2)19/h4-10H,3H2,1-2H3. The number of ether oxygens (including phenoxy) is 2. The molecule has 6 heteroatoms.